The summed E-state index contributed by atoms with van der Waals surface area (Å²) in [5, 5.41) is 28.4. The highest BCUT2D eigenvalue weighted by Gasteiger charge is 2.37. The second kappa shape index (κ2) is 6.22. The Balaban J connectivity index is 1.78. The lowest BCUT2D eigenvalue weighted by Crippen LogP contribution is -2.38. The highest BCUT2D eigenvalue weighted by molar-refractivity contribution is 5.95. The van der Waals surface area contributed by atoms with Gasteiger partial charge in [0.15, 0.2) is 0 Å². The number of carbonyl (C=O) groups excluding carboxylic acids is 1. The van der Waals surface area contributed by atoms with Gasteiger partial charge in [0.2, 0.25) is 0 Å². The van der Waals surface area contributed by atoms with Crippen LogP contribution in [0.3, 0.4) is 0 Å². The first kappa shape index (κ1) is 16.4. The Morgan fingerprint density at radius 3 is 2.50 bits per heavy atom. The Labute approximate surface area is 138 Å². The average molecular weight is 331 g/mol. The molecule has 1 amide bonds. The minimum Gasteiger partial charge on any atom is -0.508 e. The molecule has 3 rings (SSSR count). The van der Waals surface area contributed by atoms with E-state index in [1.807, 2.05) is 0 Å². The normalized spacial score (nSPS) is 20.4. The fourth-order valence-corrected chi connectivity index (χ4v) is 2.87. The number of carbonyl (C=O) groups is 1. The van der Waals surface area contributed by atoms with Crippen LogP contribution in [0.1, 0.15) is 16.8 Å². The Hall–Kier alpha value is -2.44. The van der Waals surface area contributed by atoms with E-state index in [4.69, 9.17) is 5.11 Å². The maximum absolute atomic E-state index is 13.9. The zero-order valence-corrected chi connectivity index (χ0v) is 12.9. The molecule has 0 aliphatic carbocycles. The summed E-state index contributed by atoms with van der Waals surface area (Å²) in [5.41, 5.74) is 0.130. The van der Waals surface area contributed by atoms with Crippen LogP contribution in [-0.2, 0) is 0 Å². The zero-order chi connectivity index (χ0) is 17.3. The van der Waals surface area contributed by atoms with Crippen LogP contribution in [0.4, 0.5) is 4.39 Å². The van der Waals surface area contributed by atoms with Gasteiger partial charge in [-0.2, -0.15) is 0 Å². The second-order valence-corrected chi connectivity index (χ2v) is 6.10. The third kappa shape index (κ3) is 3.11. The monoisotopic (exact) mass is 331 g/mol. The van der Waals surface area contributed by atoms with Crippen LogP contribution >= 0.6 is 0 Å². The first-order valence-electron chi connectivity index (χ1n) is 7.63. The molecular formula is C18H18FNO4. The number of aromatic hydroxyl groups is 1. The molecule has 24 heavy (non-hydrogen) atoms. The second-order valence-electron chi connectivity index (χ2n) is 6.10. The van der Waals surface area contributed by atoms with Gasteiger partial charge in [0.25, 0.3) is 5.91 Å². The van der Waals surface area contributed by atoms with Crippen LogP contribution in [-0.4, -0.2) is 51.4 Å². The minimum atomic E-state index is -1.23. The van der Waals surface area contributed by atoms with Crippen molar-refractivity contribution < 1.29 is 24.5 Å². The van der Waals surface area contributed by atoms with Crippen molar-refractivity contribution >= 4 is 5.91 Å². The van der Waals surface area contributed by atoms with Crippen LogP contribution in [0.25, 0.3) is 11.1 Å². The molecule has 1 aliphatic heterocycles. The zero-order valence-electron chi connectivity index (χ0n) is 12.9. The number of amides is 1. The molecular weight excluding hydrogens is 313 g/mol. The summed E-state index contributed by atoms with van der Waals surface area (Å²) in [5.74, 6) is -0.924. The number of benzene rings is 2. The molecule has 5 nitrogen and oxygen atoms in total. The summed E-state index contributed by atoms with van der Waals surface area (Å²) in [6, 6.07) is 10.4. The molecule has 1 saturated heterocycles. The molecule has 1 atom stereocenters. The fourth-order valence-electron chi connectivity index (χ4n) is 2.87. The van der Waals surface area contributed by atoms with E-state index in [1.54, 1.807) is 24.3 Å². The quantitative estimate of drug-likeness (QED) is 0.801. The Bertz CT molecular complexity index is 762. The van der Waals surface area contributed by atoms with Crippen molar-refractivity contribution in [2.75, 3.05) is 19.7 Å². The molecule has 6 heteroatoms. The number of likely N-dealkylation sites (tertiary alicyclic amines) is 1. The molecule has 1 fully saturated rings. The molecule has 1 aliphatic rings. The molecule has 1 heterocycles. The molecule has 2 aromatic rings. The van der Waals surface area contributed by atoms with Crippen molar-refractivity contribution in [1.29, 1.82) is 0 Å². The first-order valence-corrected chi connectivity index (χ1v) is 7.63. The van der Waals surface area contributed by atoms with Gasteiger partial charge in [0, 0.05) is 23.7 Å². The number of hydrogen-bond donors (Lipinski definition) is 3. The van der Waals surface area contributed by atoms with E-state index in [9.17, 15) is 19.4 Å². The van der Waals surface area contributed by atoms with Gasteiger partial charge in [-0.25, -0.2) is 4.39 Å². The Kier molecular flexibility index (Phi) is 4.26. The van der Waals surface area contributed by atoms with Gasteiger partial charge < -0.3 is 20.2 Å². The number of aliphatic hydroxyl groups is 2. The van der Waals surface area contributed by atoms with Gasteiger partial charge in [-0.3, -0.25) is 4.79 Å². The summed E-state index contributed by atoms with van der Waals surface area (Å²) in [6.45, 7) is 0.0940. The number of hydrogen-bond acceptors (Lipinski definition) is 4. The number of phenols is 1. The molecule has 2 aromatic carbocycles. The Morgan fingerprint density at radius 2 is 1.92 bits per heavy atom. The van der Waals surface area contributed by atoms with E-state index in [1.165, 1.54) is 17.0 Å². The third-order valence-corrected chi connectivity index (χ3v) is 4.31. The lowest BCUT2D eigenvalue weighted by molar-refractivity contribution is -0.00455. The lowest BCUT2D eigenvalue weighted by atomic mass is 10.0. The third-order valence-electron chi connectivity index (χ3n) is 4.31. The van der Waals surface area contributed by atoms with Crippen LogP contribution in [0.5, 0.6) is 5.75 Å². The average Bonchev–Trinajstić information content (AvgIpc) is 2.98. The van der Waals surface area contributed by atoms with E-state index >= 15 is 0 Å². The Morgan fingerprint density at radius 1 is 1.21 bits per heavy atom. The summed E-state index contributed by atoms with van der Waals surface area (Å²) in [7, 11) is 0. The van der Waals surface area contributed by atoms with Gasteiger partial charge in [-0.1, -0.05) is 12.1 Å². The first-order chi connectivity index (χ1) is 11.4. The highest BCUT2D eigenvalue weighted by atomic mass is 19.1. The van der Waals surface area contributed by atoms with Gasteiger partial charge in [0.05, 0.1) is 13.2 Å². The van der Waals surface area contributed by atoms with Crippen LogP contribution in [0, 0.1) is 5.82 Å². The summed E-state index contributed by atoms with van der Waals surface area (Å²) >= 11 is 0. The van der Waals surface area contributed by atoms with E-state index in [0.717, 1.165) is 6.07 Å². The number of nitrogens with zero attached hydrogens (tertiary/aromatic N) is 1. The summed E-state index contributed by atoms with van der Waals surface area (Å²) in [6.07, 6.45) is 0.339. The van der Waals surface area contributed by atoms with Crippen LogP contribution < -0.4 is 0 Å². The number of β-amino-alcohol motifs (C(OH)–C–C–N with tert-alkyl or cyclic N) is 1. The lowest BCUT2D eigenvalue weighted by Gasteiger charge is -2.21. The van der Waals surface area contributed by atoms with Crippen molar-refractivity contribution in [3.8, 4) is 16.9 Å². The topological polar surface area (TPSA) is 81.0 Å². The van der Waals surface area contributed by atoms with Gasteiger partial charge in [-0.05, 0) is 36.2 Å². The van der Waals surface area contributed by atoms with Gasteiger partial charge in [-0.15, -0.1) is 0 Å². The molecule has 126 valence electrons. The predicted molar refractivity (Wildman–Crippen MR) is 86.1 cm³/mol. The number of aliphatic hydroxyl groups excluding tert-OH is 1. The molecule has 0 bridgehead atoms. The minimum absolute atomic E-state index is 0.0939. The highest BCUT2D eigenvalue weighted by Crippen LogP contribution is 2.27. The molecule has 0 radical (unpaired) electrons. The van der Waals surface area contributed by atoms with Crippen LogP contribution in [0.15, 0.2) is 42.5 Å². The van der Waals surface area contributed by atoms with Gasteiger partial charge >= 0.3 is 0 Å². The maximum atomic E-state index is 13.9. The van der Waals surface area contributed by atoms with Gasteiger partial charge in [0.1, 0.15) is 17.2 Å². The standard InChI is InChI=1S/C18H18FNO4/c19-16-9-14(22)5-6-15(16)12-1-3-13(4-2-12)17(23)20-8-7-18(24,10-20)11-21/h1-6,9,21-22,24H,7-8,10-11H2. The van der Waals surface area contributed by atoms with Crippen LogP contribution in [0.2, 0.25) is 0 Å². The van der Waals surface area contributed by atoms with E-state index in [-0.39, 0.29) is 24.8 Å². The maximum Gasteiger partial charge on any atom is 0.253 e. The predicted octanol–water partition coefficient (Wildman–Crippen LogP) is 1.77. The number of rotatable bonds is 3. The van der Waals surface area contributed by atoms with Crippen molar-refractivity contribution in [2.45, 2.75) is 12.0 Å². The van der Waals surface area contributed by atoms with Crippen molar-refractivity contribution in [2.24, 2.45) is 0 Å². The number of phenolic OH excluding ortho intramolecular Hbond substituents is 1. The SMILES string of the molecule is O=C(c1ccc(-c2ccc(O)cc2F)cc1)N1CCC(O)(CO)C1. The molecule has 0 aromatic heterocycles. The largest absolute Gasteiger partial charge is 0.508 e. The summed E-state index contributed by atoms with van der Waals surface area (Å²) < 4.78 is 13.9. The van der Waals surface area contributed by atoms with Crippen molar-refractivity contribution in [3.63, 3.8) is 0 Å². The summed E-state index contributed by atoms with van der Waals surface area (Å²) in [4.78, 5) is 13.9. The van der Waals surface area contributed by atoms with E-state index < -0.39 is 11.4 Å². The molecule has 3 N–H and O–H groups in total. The fraction of sp³-hybridized carbons (Fsp3) is 0.278. The van der Waals surface area contributed by atoms with Crippen molar-refractivity contribution in [3.05, 3.63) is 53.8 Å². The molecule has 0 saturated carbocycles. The van der Waals surface area contributed by atoms with E-state index in [0.29, 0.717) is 29.7 Å². The smallest absolute Gasteiger partial charge is 0.253 e. The molecule has 1 unspecified atom stereocenters. The van der Waals surface area contributed by atoms with Crippen molar-refractivity contribution in [1.82, 2.24) is 4.90 Å². The van der Waals surface area contributed by atoms with E-state index in [2.05, 4.69) is 0 Å². The number of halogens is 1. The molecule has 0 spiro atoms.